The SMILES string of the molecule is CCOC(=O)c1cn(C(=O)OC(C)(C)C)c2c1C(=O)C([Se]c1ccccc1)CCC2. The Balaban J connectivity index is 2.03. The van der Waals surface area contributed by atoms with E-state index in [9.17, 15) is 14.4 Å². The first-order valence-electron chi connectivity index (χ1n) is 10.1. The van der Waals surface area contributed by atoms with Crippen LogP contribution in [0.4, 0.5) is 4.79 Å². The summed E-state index contributed by atoms with van der Waals surface area (Å²) < 4.78 is 13.1. The number of hydrogen-bond donors (Lipinski definition) is 0. The van der Waals surface area contributed by atoms with Crippen molar-refractivity contribution in [3.8, 4) is 0 Å². The third-order valence-corrected chi connectivity index (χ3v) is 7.32. The molecule has 0 bridgehead atoms. The number of Topliss-reactive ketones (excluding diaryl/α,β-unsaturated/α-hetero) is 1. The topological polar surface area (TPSA) is 74.6 Å². The average molecular weight is 476 g/mol. The van der Waals surface area contributed by atoms with Gasteiger partial charge in [0.1, 0.15) is 0 Å². The fourth-order valence-corrected chi connectivity index (χ4v) is 5.85. The van der Waals surface area contributed by atoms with Gasteiger partial charge in [0.05, 0.1) is 0 Å². The number of fused-ring (bicyclic) bond motifs is 1. The minimum absolute atomic E-state index is 0.0695. The molecule has 3 rings (SSSR count). The zero-order valence-corrected chi connectivity index (χ0v) is 19.5. The summed E-state index contributed by atoms with van der Waals surface area (Å²) in [6.45, 7) is 7.25. The van der Waals surface area contributed by atoms with Crippen LogP contribution in [0.25, 0.3) is 0 Å². The van der Waals surface area contributed by atoms with Crippen molar-refractivity contribution in [3.63, 3.8) is 0 Å². The van der Waals surface area contributed by atoms with Crippen molar-refractivity contribution in [2.45, 2.75) is 57.4 Å². The van der Waals surface area contributed by atoms with E-state index in [1.807, 2.05) is 30.3 Å². The fourth-order valence-electron chi connectivity index (χ4n) is 3.43. The molecule has 0 spiro atoms. The molecule has 1 aliphatic carbocycles. The van der Waals surface area contributed by atoms with Gasteiger partial charge in [0.15, 0.2) is 0 Å². The number of esters is 1. The Morgan fingerprint density at radius 2 is 1.90 bits per heavy atom. The van der Waals surface area contributed by atoms with Gasteiger partial charge in [-0.1, -0.05) is 0 Å². The van der Waals surface area contributed by atoms with Gasteiger partial charge >= 0.3 is 183 Å². The summed E-state index contributed by atoms with van der Waals surface area (Å²) in [4.78, 5) is 38.8. The molecule has 0 radical (unpaired) electrons. The Hall–Kier alpha value is -2.37. The van der Waals surface area contributed by atoms with Crippen molar-refractivity contribution >= 4 is 37.3 Å². The Morgan fingerprint density at radius 3 is 2.53 bits per heavy atom. The van der Waals surface area contributed by atoms with Crippen molar-refractivity contribution in [1.82, 2.24) is 4.57 Å². The van der Waals surface area contributed by atoms with Gasteiger partial charge in [0.2, 0.25) is 0 Å². The molecule has 1 atom stereocenters. The van der Waals surface area contributed by atoms with Gasteiger partial charge in [-0.15, -0.1) is 0 Å². The first-order valence-corrected chi connectivity index (χ1v) is 12.0. The predicted molar refractivity (Wildman–Crippen MR) is 115 cm³/mol. The maximum atomic E-state index is 13.5. The molecular weight excluding hydrogens is 449 g/mol. The number of benzene rings is 1. The molecule has 1 aliphatic rings. The quantitative estimate of drug-likeness (QED) is 0.382. The van der Waals surface area contributed by atoms with Crippen LogP contribution in [0, 0.1) is 0 Å². The number of ketones is 1. The van der Waals surface area contributed by atoms with Crippen molar-refractivity contribution in [2.75, 3.05) is 6.61 Å². The molecule has 30 heavy (non-hydrogen) atoms. The molecular formula is C23H27NO5Se. The Labute approximate surface area is 183 Å². The van der Waals surface area contributed by atoms with E-state index < -0.39 is 17.7 Å². The molecule has 0 N–H and O–H groups in total. The minimum atomic E-state index is -0.688. The molecule has 1 aromatic heterocycles. The van der Waals surface area contributed by atoms with E-state index in [0.717, 1.165) is 17.3 Å². The summed E-state index contributed by atoms with van der Waals surface area (Å²) in [5.74, 6) is -0.672. The molecule has 1 aromatic carbocycles. The molecule has 1 heterocycles. The van der Waals surface area contributed by atoms with E-state index in [1.54, 1.807) is 27.7 Å². The third kappa shape index (κ3) is 5.02. The van der Waals surface area contributed by atoms with Crippen LogP contribution in [-0.4, -0.2) is 49.6 Å². The molecule has 1 unspecified atom stereocenters. The summed E-state index contributed by atoms with van der Waals surface area (Å²) in [6.07, 6.45) is 2.83. The monoisotopic (exact) mass is 477 g/mol. The number of hydrogen-bond acceptors (Lipinski definition) is 5. The Bertz CT molecular complexity index is 942. The molecule has 0 saturated heterocycles. The molecule has 0 aliphatic heterocycles. The van der Waals surface area contributed by atoms with Gasteiger partial charge < -0.3 is 0 Å². The van der Waals surface area contributed by atoms with Gasteiger partial charge in [-0.05, 0) is 0 Å². The number of rotatable bonds is 4. The molecule has 7 heteroatoms. The van der Waals surface area contributed by atoms with Crippen molar-refractivity contribution in [1.29, 1.82) is 0 Å². The van der Waals surface area contributed by atoms with E-state index in [1.165, 1.54) is 10.8 Å². The maximum absolute atomic E-state index is 13.5. The third-order valence-electron chi connectivity index (χ3n) is 4.63. The van der Waals surface area contributed by atoms with E-state index >= 15 is 0 Å². The summed E-state index contributed by atoms with van der Waals surface area (Å²) >= 11 is -0.0695. The summed E-state index contributed by atoms with van der Waals surface area (Å²) in [6, 6.07) is 9.93. The Morgan fingerprint density at radius 1 is 1.20 bits per heavy atom. The van der Waals surface area contributed by atoms with E-state index in [2.05, 4.69) is 0 Å². The van der Waals surface area contributed by atoms with Crippen LogP contribution in [0.5, 0.6) is 0 Å². The van der Waals surface area contributed by atoms with Crippen molar-refractivity contribution < 1.29 is 23.9 Å². The zero-order chi connectivity index (χ0) is 21.9. The summed E-state index contributed by atoms with van der Waals surface area (Å²) in [5.41, 5.74) is 0.327. The number of carbonyl (C=O) groups excluding carboxylic acids is 3. The van der Waals surface area contributed by atoms with Crippen LogP contribution < -0.4 is 4.46 Å². The first kappa shape index (κ1) is 22.3. The second kappa shape index (κ2) is 9.19. The van der Waals surface area contributed by atoms with Crippen molar-refractivity contribution in [2.24, 2.45) is 0 Å². The first-order chi connectivity index (χ1) is 14.2. The van der Waals surface area contributed by atoms with Crippen LogP contribution >= 0.6 is 0 Å². The van der Waals surface area contributed by atoms with Gasteiger partial charge in [-0.3, -0.25) is 0 Å². The normalized spacial score (nSPS) is 16.5. The van der Waals surface area contributed by atoms with Crippen LogP contribution in [0.3, 0.4) is 0 Å². The van der Waals surface area contributed by atoms with E-state index in [-0.39, 0.29) is 37.7 Å². The second-order valence-corrected chi connectivity index (χ2v) is 10.8. The van der Waals surface area contributed by atoms with E-state index in [0.29, 0.717) is 17.7 Å². The molecule has 6 nitrogen and oxygen atoms in total. The van der Waals surface area contributed by atoms with E-state index in [4.69, 9.17) is 9.47 Å². The van der Waals surface area contributed by atoms with Crippen molar-refractivity contribution in [3.05, 3.63) is 53.3 Å². The zero-order valence-electron chi connectivity index (χ0n) is 17.8. The molecule has 0 saturated carbocycles. The standard InChI is InChI=1S/C23H27NO5Se/c1-5-28-21(26)16-14-24(22(27)29-23(2,3)4)17-12-9-13-18(20(25)19(16)17)30-15-10-7-6-8-11-15/h6-8,10-11,14,18H,5,9,12-13H2,1-4H3. The van der Waals surface area contributed by atoms with Crippen LogP contribution in [-0.2, 0) is 15.9 Å². The Kier molecular flexibility index (Phi) is 6.84. The number of carbonyl (C=O) groups is 3. The average Bonchev–Trinajstić information content (AvgIpc) is 2.99. The summed E-state index contributed by atoms with van der Waals surface area (Å²) in [5, 5.41) is 0. The van der Waals surface area contributed by atoms with Gasteiger partial charge in [-0.25, -0.2) is 0 Å². The van der Waals surface area contributed by atoms with Crippen LogP contribution in [0.15, 0.2) is 36.5 Å². The predicted octanol–water partition coefficient (Wildman–Crippen LogP) is 3.79. The van der Waals surface area contributed by atoms with Gasteiger partial charge in [-0.2, -0.15) is 0 Å². The number of nitrogens with zero attached hydrogens (tertiary/aromatic N) is 1. The van der Waals surface area contributed by atoms with Gasteiger partial charge in [0, 0.05) is 0 Å². The molecule has 160 valence electrons. The van der Waals surface area contributed by atoms with Crippen LogP contribution in [0.1, 0.15) is 66.9 Å². The van der Waals surface area contributed by atoms with Crippen LogP contribution in [0.2, 0.25) is 4.82 Å². The number of aromatic nitrogens is 1. The second-order valence-electron chi connectivity index (χ2n) is 8.11. The van der Waals surface area contributed by atoms with Gasteiger partial charge in [0.25, 0.3) is 0 Å². The fraction of sp³-hybridized carbons (Fsp3) is 0.435. The number of ether oxygens (including phenoxy) is 2. The molecule has 0 amide bonds. The molecule has 0 fully saturated rings. The summed E-state index contributed by atoms with van der Waals surface area (Å²) in [7, 11) is 0. The molecule has 2 aromatic rings.